The lowest BCUT2D eigenvalue weighted by Gasteiger charge is -2.10. The molecule has 25 heavy (non-hydrogen) atoms. The van der Waals surface area contributed by atoms with Crippen LogP contribution in [0.5, 0.6) is 5.75 Å². The van der Waals surface area contributed by atoms with E-state index in [0.29, 0.717) is 10.6 Å². The Labute approximate surface area is 152 Å². The molecule has 0 aliphatic heterocycles. The minimum atomic E-state index is -0.691. The van der Waals surface area contributed by atoms with Crippen molar-refractivity contribution in [2.45, 2.75) is 4.90 Å². The summed E-state index contributed by atoms with van der Waals surface area (Å²) in [6.45, 7) is -0.531. The number of benzene rings is 1. The van der Waals surface area contributed by atoms with E-state index in [4.69, 9.17) is 9.47 Å². The predicted octanol–water partition coefficient (Wildman–Crippen LogP) is 2.10. The highest BCUT2D eigenvalue weighted by atomic mass is 32.2. The van der Waals surface area contributed by atoms with E-state index in [9.17, 15) is 14.4 Å². The standard InChI is InChI=1S/C16H16N2O5S2/c1-22-12-8-10(24-2)5-6-11(12)16(21)23-9-14(19)17-18-15(20)13-4-3-7-25-13/h3-8H,9H2,1-2H3,(H,17,19)(H,18,20). The second kappa shape index (κ2) is 9.09. The molecule has 1 heterocycles. The largest absolute Gasteiger partial charge is 0.496 e. The van der Waals surface area contributed by atoms with Gasteiger partial charge in [-0.2, -0.15) is 0 Å². The molecule has 0 bridgehead atoms. The number of nitrogens with one attached hydrogen (secondary N) is 2. The quantitative estimate of drug-likeness (QED) is 0.453. The van der Waals surface area contributed by atoms with Gasteiger partial charge in [0.2, 0.25) is 0 Å². The molecule has 1 aromatic heterocycles. The third kappa shape index (κ3) is 5.23. The summed E-state index contributed by atoms with van der Waals surface area (Å²) in [7, 11) is 1.45. The molecule has 9 heteroatoms. The highest BCUT2D eigenvalue weighted by molar-refractivity contribution is 7.98. The summed E-state index contributed by atoms with van der Waals surface area (Å²) in [5, 5.41) is 1.74. The molecule has 0 spiro atoms. The average molecular weight is 380 g/mol. The van der Waals surface area contributed by atoms with Crippen LogP contribution in [0, 0.1) is 0 Å². The van der Waals surface area contributed by atoms with Crippen LogP contribution in [0.1, 0.15) is 20.0 Å². The summed E-state index contributed by atoms with van der Waals surface area (Å²) >= 11 is 2.75. The fourth-order valence-electron chi connectivity index (χ4n) is 1.81. The predicted molar refractivity (Wildman–Crippen MR) is 95.0 cm³/mol. The van der Waals surface area contributed by atoms with Crippen LogP contribution in [0.2, 0.25) is 0 Å². The van der Waals surface area contributed by atoms with Crippen molar-refractivity contribution in [1.82, 2.24) is 10.9 Å². The molecule has 1 aromatic carbocycles. The van der Waals surface area contributed by atoms with E-state index < -0.39 is 24.4 Å². The number of hydrazine groups is 1. The third-order valence-corrected chi connectivity index (χ3v) is 4.62. The molecule has 7 nitrogen and oxygen atoms in total. The molecule has 0 unspecified atom stereocenters. The van der Waals surface area contributed by atoms with Crippen molar-refractivity contribution < 1.29 is 23.9 Å². The van der Waals surface area contributed by atoms with E-state index in [1.165, 1.54) is 30.2 Å². The highest BCUT2D eigenvalue weighted by Gasteiger charge is 2.16. The van der Waals surface area contributed by atoms with Gasteiger partial charge in [0.1, 0.15) is 11.3 Å². The molecule has 2 aromatic rings. The van der Waals surface area contributed by atoms with Gasteiger partial charge in [0.05, 0.1) is 12.0 Å². The Hall–Kier alpha value is -2.52. The van der Waals surface area contributed by atoms with E-state index >= 15 is 0 Å². The molecule has 2 amide bonds. The van der Waals surface area contributed by atoms with Gasteiger partial charge in [0, 0.05) is 4.90 Å². The maximum Gasteiger partial charge on any atom is 0.342 e. The van der Waals surface area contributed by atoms with Gasteiger partial charge < -0.3 is 9.47 Å². The first-order chi connectivity index (χ1) is 12.0. The van der Waals surface area contributed by atoms with E-state index in [0.717, 1.165) is 4.90 Å². The van der Waals surface area contributed by atoms with Crippen molar-refractivity contribution in [3.05, 3.63) is 46.2 Å². The number of esters is 1. The minimum Gasteiger partial charge on any atom is -0.496 e. The Morgan fingerprint density at radius 3 is 2.64 bits per heavy atom. The first-order valence-electron chi connectivity index (χ1n) is 7.07. The number of thioether (sulfide) groups is 1. The van der Waals surface area contributed by atoms with Crippen LogP contribution in [0.4, 0.5) is 0 Å². The van der Waals surface area contributed by atoms with Crippen molar-refractivity contribution in [2.75, 3.05) is 20.0 Å². The Morgan fingerprint density at radius 1 is 1.20 bits per heavy atom. The van der Waals surface area contributed by atoms with Gasteiger partial charge in [0.15, 0.2) is 6.61 Å². The topological polar surface area (TPSA) is 93.7 Å². The Morgan fingerprint density at radius 2 is 2.00 bits per heavy atom. The summed E-state index contributed by atoms with van der Waals surface area (Å²) in [4.78, 5) is 36.8. The van der Waals surface area contributed by atoms with Crippen LogP contribution in [0.15, 0.2) is 40.6 Å². The fourth-order valence-corrected chi connectivity index (χ4v) is 2.86. The molecule has 0 aliphatic rings. The van der Waals surface area contributed by atoms with Crippen LogP contribution in [-0.2, 0) is 9.53 Å². The Bertz CT molecular complexity index is 762. The highest BCUT2D eigenvalue weighted by Crippen LogP contribution is 2.25. The lowest BCUT2D eigenvalue weighted by atomic mass is 10.2. The van der Waals surface area contributed by atoms with Crippen LogP contribution in [-0.4, -0.2) is 37.8 Å². The summed E-state index contributed by atoms with van der Waals surface area (Å²) in [6, 6.07) is 8.38. The molecule has 0 radical (unpaired) electrons. The zero-order valence-corrected chi connectivity index (χ0v) is 15.2. The Balaban J connectivity index is 1.85. The van der Waals surface area contributed by atoms with Crippen molar-refractivity contribution in [2.24, 2.45) is 0 Å². The molecule has 2 rings (SSSR count). The SMILES string of the molecule is COc1cc(SC)ccc1C(=O)OCC(=O)NNC(=O)c1cccs1. The smallest absolute Gasteiger partial charge is 0.342 e. The van der Waals surface area contributed by atoms with Gasteiger partial charge in [-0.1, -0.05) is 6.07 Å². The summed E-state index contributed by atoms with van der Waals surface area (Å²) in [6.07, 6.45) is 1.90. The minimum absolute atomic E-state index is 0.218. The maximum atomic E-state index is 12.1. The van der Waals surface area contributed by atoms with Crippen LogP contribution in [0.25, 0.3) is 0 Å². The molecule has 0 atom stereocenters. The zero-order valence-electron chi connectivity index (χ0n) is 13.5. The normalized spacial score (nSPS) is 10.0. The van der Waals surface area contributed by atoms with Gasteiger partial charge in [0.25, 0.3) is 11.8 Å². The summed E-state index contributed by atoms with van der Waals surface area (Å²) in [5.41, 5.74) is 4.64. The monoisotopic (exact) mass is 380 g/mol. The second-order valence-corrected chi connectivity index (χ2v) is 6.45. The van der Waals surface area contributed by atoms with Gasteiger partial charge in [-0.05, 0) is 35.9 Å². The first kappa shape index (κ1) is 18.8. The first-order valence-corrected chi connectivity index (χ1v) is 9.17. The van der Waals surface area contributed by atoms with Gasteiger partial charge >= 0.3 is 5.97 Å². The number of hydrogen-bond donors (Lipinski definition) is 2. The van der Waals surface area contributed by atoms with E-state index in [-0.39, 0.29) is 5.56 Å². The number of hydrogen-bond acceptors (Lipinski definition) is 7. The molecular formula is C16H16N2O5S2. The van der Waals surface area contributed by atoms with Crippen LogP contribution < -0.4 is 15.6 Å². The fraction of sp³-hybridized carbons (Fsp3) is 0.188. The third-order valence-electron chi connectivity index (χ3n) is 3.02. The number of rotatable bonds is 6. The van der Waals surface area contributed by atoms with Crippen LogP contribution >= 0.6 is 23.1 Å². The Kier molecular flexibility index (Phi) is 6.84. The molecule has 0 fully saturated rings. The molecule has 2 N–H and O–H groups in total. The molecule has 0 saturated carbocycles. The number of carbonyl (C=O) groups excluding carboxylic acids is 3. The van der Waals surface area contributed by atoms with Crippen LogP contribution in [0.3, 0.4) is 0 Å². The lowest BCUT2D eigenvalue weighted by Crippen LogP contribution is -2.43. The second-order valence-electron chi connectivity index (χ2n) is 4.62. The molecular weight excluding hydrogens is 364 g/mol. The number of amides is 2. The van der Waals surface area contributed by atoms with Crippen molar-refractivity contribution in [3.63, 3.8) is 0 Å². The van der Waals surface area contributed by atoms with Crippen molar-refractivity contribution >= 4 is 40.9 Å². The molecule has 0 saturated heterocycles. The summed E-state index contributed by atoms with van der Waals surface area (Å²) < 4.78 is 10.1. The maximum absolute atomic E-state index is 12.1. The van der Waals surface area contributed by atoms with Gasteiger partial charge in [-0.3, -0.25) is 20.4 Å². The number of ether oxygens (including phenoxy) is 2. The van der Waals surface area contributed by atoms with Crippen molar-refractivity contribution in [1.29, 1.82) is 0 Å². The molecule has 0 aliphatic carbocycles. The van der Waals surface area contributed by atoms with Gasteiger partial charge in [-0.25, -0.2) is 4.79 Å². The van der Waals surface area contributed by atoms with E-state index in [2.05, 4.69) is 10.9 Å². The average Bonchev–Trinajstić information content (AvgIpc) is 3.18. The molecule has 132 valence electrons. The van der Waals surface area contributed by atoms with Crippen molar-refractivity contribution in [3.8, 4) is 5.75 Å². The zero-order chi connectivity index (χ0) is 18.2. The van der Waals surface area contributed by atoms with E-state index in [1.807, 2.05) is 6.26 Å². The number of methoxy groups -OCH3 is 1. The summed E-state index contributed by atoms with van der Waals surface area (Å²) in [5.74, 6) is -1.42. The number of thiophene rings is 1. The number of carbonyl (C=O) groups is 3. The van der Waals surface area contributed by atoms with Gasteiger partial charge in [-0.15, -0.1) is 23.1 Å². The van der Waals surface area contributed by atoms with E-state index in [1.54, 1.807) is 35.7 Å². The lowest BCUT2D eigenvalue weighted by molar-refractivity contribution is -0.125.